The first-order valence-electron chi connectivity index (χ1n) is 10.7. The van der Waals surface area contributed by atoms with Crippen LogP contribution in [0.25, 0.3) is 0 Å². The summed E-state index contributed by atoms with van der Waals surface area (Å²) in [6.07, 6.45) is 3.56. The number of nitrogens with one attached hydrogen (secondary N) is 1. The van der Waals surface area contributed by atoms with Gasteiger partial charge in [-0.2, -0.15) is 0 Å². The van der Waals surface area contributed by atoms with Crippen molar-refractivity contribution in [2.75, 3.05) is 23.4 Å². The van der Waals surface area contributed by atoms with E-state index >= 15 is 0 Å². The summed E-state index contributed by atoms with van der Waals surface area (Å²) >= 11 is 0. The molecule has 0 bridgehead atoms. The Kier molecular flexibility index (Phi) is 6.48. The van der Waals surface area contributed by atoms with Crippen LogP contribution in [0.1, 0.15) is 31.2 Å². The van der Waals surface area contributed by atoms with Crippen molar-refractivity contribution < 1.29 is 27.9 Å². The van der Waals surface area contributed by atoms with Crippen molar-refractivity contribution in [3.8, 4) is 0 Å². The lowest BCUT2D eigenvalue weighted by Gasteiger charge is -2.32. The van der Waals surface area contributed by atoms with Gasteiger partial charge in [-0.25, -0.2) is 8.78 Å². The van der Waals surface area contributed by atoms with Gasteiger partial charge in [-0.15, -0.1) is 0 Å². The number of ether oxygens (including phenoxy) is 1. The van der Waals surface area contributed by atoms with E-state index in [1.807, 2.05) is 24.3 Å². The minimum atomic E-state index is -1.09. The van der Waals surface area contributed by atoms with Crippen molar-refractivity contribution in [1.82, 2.24) is 0 Å². The van der Waals surface area contributed by atoms with E-state index < -0.39 is 42.0 Å². The van der Waals surface area contributed by atoms with Crippen molar-refractivity contribution in [3.05, 3.63) is 59.7 Å². The van der Waals surface area contributed by atoms with Crippen LogP contribution in [0.4, 0.5) is 20.2 Å². The number of halogens is 2. The third-order valence-corrected chi connectivity index (χ3v) is 6.09. The van der Waals surface area contributed by atoms with Crippen LogP contribution < -0.4 is 10.2 Å². The van der Waals surface area contributed by atoms with Gasteiger partial charge in [0.15, 0.2) is 18.2 Å². The third kappa shape index (κ3) is 4.64. The van der Waals surface area contributed by atoms with E-state index in [2.05, 4.69) is 5.32 Å². The number of hydrogen-bond acceptors (Lipinski definition) is 4. The molecule has 0 radical (unpaired) electrons. The number of rotatable bonds is 5. The number of benzene rings is 2. The predicted octanol–water partition coefficient (Wildman–Crippen LogP) is 3.84. The Labute approximate surface area is 184 Å². The Balaban J connectivity index is 1.37. The highest BCUT2D eigenvalue weighted by molar-refractivity contribution is 5.99. The lowest BCUT2D eigenvalue weighted by molar-refractivity contribution is -0.156. The number of esters is 1. The Bertz CT molecular complexity index is 1040. The van der Waals surface area contributed by atoms with Crippen molar-refractivity contribution in [2.45, 2.75) is 32.1 Å². The number of carbonyl (C=O) groups is 3. The lowest BCUT2D eigenvalue weighted by atomic mass is 9.78. The summed E-state index contributed by atoms with van der Waals surface area (Å²) in [4.78, 5) is 39.9. The highest BCUT2D eigenvalue weighted by Crippen LogP contribution is 2.36. The molecule has 1 aliphatic carbocycles. The molecule has 4 rings (SSSR count). The molecule has 1 aliphatic heterocycles. The Hall–Kier alpha value is -3.29. The molecule has 0 saturated heterocycles. The maximum absolute atomic E-state index is 13.3. The van der Waals surface area contributed by atoms with Gasteiger partial charge in [-0.3, -0.25) is 14.4 Å². The SMILES string of the molecule is O=C(COC(=O)C1CCCCC1C(=O)N1CCc2ccccc21)Nc1ccc(F)c(F)c1. The molecular weight excluding hydrogens is 418 g/mol. The molecule has 1 N–H and O–H groups in total. The number of hydrogen-bond donors (Lipinski definition) is 1. The van der Waals surface area contributed by atoms with Crippen LogP contribution >= 0.6 is 0 Å². The molecule has 2 aromatic rings. The third-order valence-electron chi connectivity index (χ3n) is 6.09. The fourth-order valence-corrected chi connectivity index (χ4v) is 4.49. The lowest BCUT2D eigenvalue weighted by Crippen LogP contribution is -2.42. The van der Waals surface area contributed by atoms with E-state index in [0.717, 1.165) is 42.6 Å². The van der Waals surface area contributed by atoms with Gasteiger partial charge in [0.05, 0.1) is 11.8 Å². The number of amides is 2. The largest absolute Gasteiger partial charge is 0.455 e. The van der Waals surface area contributed by atoms with Crippen molar-refractivity contribution >= 4 is 29.2 Å². The molecule has 8 heteroatoms. The van der Waals surface area contributed by atoms with Gasteiger partial charge < -0.3 is 15.0 Å². The van der Waals surface area contributed by atoms with Crippen LogP contribution in [-0.4, -0.2) is 30.9 Å². The molecule has 168 valence electrons. The minimum Gasteiger partial charge on any atom is -0.455 e. The van der Waals surface area contributed by atoms with Gasteiger partial charge in [-0.05, 0) is 43.0 Å². The highest BCUT2D eigenvalue weighted by atomic mass is 19.2. The fourth-order valence-electron chi connectivity index (χ4n) is 4.49. The van der Waals surface area contributed by atoms with Gasteiger partial charge >= 0.3 is 5.97 Å². The average molecular weight is 442 g/mol. The molecule has 1 heterocycles. The molecule has 2 amide bonds. The van der Waals surface area contributed by atoms with Gasteiger partial charge in [0.1, 0.15) is 0 Å². The summed E-state index contributed by atoms with van der Waals surface area (Å²) in [5, 5.41) is 2.36. The molecule has 0 aromatic heterocycles. The van der Waals surface area contributed by atoms with Crippen molar-refractivity contribution in [1.29, 1.82) is 0 Å². The van der Waals surface area contributed by atoms with Crippen LogP contribution in [0.15, 0.2) is 42.5 Å². The predicted molar refractivity (Wildman–Crippen MR) is 114 cm³/mol. The zero-order valence-electron chi connectivity index (χ0n) is 17.5. The first kappa shape index (κ1) is 21.9. The maximum atomic E-state index is 13.3. The van der Waals surface area contributed by atoms with Crippen LogP contribution in [0, 0.1) is 23.5 Å². The monoisotopic (exact) mass is 442 g/mol. The summed E-state index contributed by atoms with van der Waals surface area (Å²) in [7, 11) is 0. The Morgan fingerprint density at radius 2 is 1.75 bits per heavy atom. The van der Waals surface area contributed by atoms with E-state index in [4.69, 9.17) is 4.74 Å². The smallest absolute Gasteiger partial charge is 0.310 e. The number of para-hydroxylation sites is 1. The topological polar surface area (TPSA) is 75.7 Å². The fraction of sp³-hybridized carbons (Fsp3) is 0.375. The molecule has 2 unspecified atom stereocenters. The number of fused-ring (bicyclic) bond motifs is 1. The van der Waals surface area contributed by atoms with Crippen LogP contribution in [0.2, 0.25) is 0 Å². The second-order valence-electron chi connectivity index (χ2n) is 8.15. The van der Waals surface area contributed by atoms with Crippen molar-refractivity contribution in [3.63, 3.8) is 0 Å². The molecular formula is C24H24F2N2O4. The van der Waals surface area contributed by atoms with E-state index in [1.165, 1.54) is 6.07 Å². The average Bonchev–Trinajstić information content (AvgIpc) is 3.23. The summed E-state index contributed by atoms with van der Waals surface area (Å²) in [5.74, 6) is -4.55. The van der Waals surface area contributed by atoms with E-state index in [0.29, 0.717) is 19.4 Å². The second-order valence-corrected chi connectivity index (χ2v) is 8.15. The zero-order valence-corrected chi connectivity index (χ0v) is 17.5. The van der Waals surface area contributed by atoms with Gasteiger partial charge in [0, 0.05) is 24.0 Å². The molecule has 2 aromatic carbocycles. The molecule has 0 spiro atoms. The number of nitrogens with zero attached hydrogens (tertiary/aromatic N) is 1. The molecule has 1 fully saturated rings. The van der Waals surface area contributed by atoms with Crippen LogP contribution in [-0.2, 0) is 25.5 Å². The van der Waals surface area contributed by atoms with Crippen LogP contribution in [0.5, 0.6) is 0 Å². The quantitative estimate of drug-likeness (QED) is 0.714. The highest BCUT2D eigenvalue weighted by Gasteiger charge is 2.40. The number of anilines is 2. The molecule has 6 nitrogen and oxygen atoms in total. The first-order valence-corrected chi connectivity index (χ1v) is 10.7. The molecule has 2 aliphatic rings. The maximum Gasteiger partial charge on any atom is 0.310 e. The van der Waals surface area contributed by atoms with Crippen LogP contribution in [0.3, 0.4) is 0 Å². The van der Waals surface area contributed by atoms with Gasteiger partial charge in [-0.1, -0.05) is 31.0 Å². The standard InChI is InChI=1S/C24H24F2N2O4/c25-19-10-9-16(13-20(19)26)27-22(29)14-32-24(31)18-7-3-2-6-17(18)23(30)28-12-11-15-5-1-4-8-21(15)28/h1,4-5,8-10,13,17-18H,2-3,6-7,11-12,14H2,(H,27,29). The second kappa shape index (κ2) is 9.46. The van der Waals surface area contributed by atoms with Gasteiger partial charge in [0.25, 0.3) is 5.91 Å². The summed E-state index contributed by atoms with van der Waals surface area (Å²) in [6, 6.07) is 10.7. The summed E-state index contributed by atoms with van der Waals surface area (Å²) in [6.45, 7) is 0.0227. The minimum absolute atomic E-state index is 0.0587. The van der Waals surface area contributed by atoms with E-state index in [9.17, 15) is 23.2 Å². The molecule has 1 saturated carbocycles. The number of carbonyl (C=O) groups excluding carboxylic acids is 3. The van der Waals surface area contributed by atoms with Crippen molar-refractivity contribution in [2.24, 2.45) is 11.8 Å². The van der Waals surface area contributed by atoms with E-state index in [-0.39, 0.29) is 11.6 Å². The summed E-state index contributed by atoms with van der Waals surface area (Å²) < 4.78 is 31.5. The van der Waals surface area contributed by atoms with E-state index in [1.54, 1.807) is 4.90 Å². The molecule has 32 heavy (non-hydrogen) atoms. The Morgan fingerprint density at radius 3 is 2.53 bits per heavy atom. The zero-order chi connectivity index (χ0) is 22.7. The normalized spacial score (nSPS) is 19.9. The van der Waals surface area contributed by atoms with Gasteiger partial charge in [0.2, 0.25) is 5.91 Å². The first-order chi connectivity index (χ1) is 15.4. The Morgan fingerprint density at radius 1 is 1.00 bits per heavy atom. The molecule has 2 atom stereocenters. The summed E-state index contributed by atoms with van der Waals surface area (Å²) in [5.41, 5.74) is 2.06.